The van der Waals surface area contributed by atoms with Crippen LogP contribution in [-0.2, 0) is 13.5 Å². The van der Waals surface area contributed by atoms with E-state index in [2.05, 4.69) is 36.7 Å². The summed E-state index contributed by atoms with van der Waals surface area (Å²) in [5, 5.41) is 0. The van der Waals surface area contributed by atoms with Crippen LogP contribution in [0.1, 0.15) is 56.9 Å². The molecule has 1 aromatic rings. The normalized spacial score (nSPS) is 10.6. The molecule has 96 valence electrons. The summed E-state index contributed by atoms with van der Waals surface area (Å²) in [4.78, 5) is 0. The third kappa shape index (κ3) is 7.04. The van der Waals surface area contributed by atoms with Crippen molar-refractivity contribution in [1.82, 2.24) is 4.57 Å². The minimum absolute atomic E-state index is 1.19. The first kappa shape index (κ1) is 14.1. The van der Waals surface area contributed by atoms with Gasteiger partial charge in [0, 0.05) is 19.4 Å². The molecule has 1 heteroatoms. The lowest BCUT2D eigenvalue weighted by molar-refractivity contribution is 0.581. The van der Waals surface area contributed by atoms with Crippen LogP contribution in [0.4, 0.5) is 0 Å². The van der Waals surface area contributed by atoms with E-state index in [9.17, 15) is 0 Å². The van der Waals surface area contributed by atoms with E-state index in [1.54, 1.807) is 0 Å². The molecule has 0 atom stereocenters. The second-order valence-corrected chi connectivity index (χ2v) is 4.99. The van der Waals surface area contributed by atoms with Gasteiger partial charge in [-0.15, -0.1) is 6.58 Å². The summed E-state index contributed by atoms with van der Waals surface area (Å²) in [6, 6.07) is 2.23. The quantitative estimate of drug-likeness (QED) is 0.401. The zero-order valence-electron chi connectivity index (χ0n) is 11.3. The number of aromatic nitrogens is 1. The van der Waals surface area contributed by atoms with Crippen molar-refractivity contribution >= 4 is 0 Å². The van der Waals surface area contributed by atoms with Crippen LogP contribution >= 0.6 is 0 Å². The average Bonchev–Trinajstić information content (AvgIpc) is 2.73. The summed E-state index contributed by atoms with van der Waals surface area (Å²) >= 11 is 0. The summed E-state index contributed by atoms with van der Waals surface area (Å²) in [5.41, 5.74) is 1.48. The lowest BCUT2D eigenvalue weighted by Gasteiger charge is -2.01. The number of unbranched alkanes of at least 4 members (excludes halogenated alkanes) is 7. The molecule has 0 aliphatic rings. The third-order valence-corrected chi connectivity index (χ3v) is 3.27. The van der Waals surface area contributed by atoms with Gasteiger partial charge in [0.1, 0.15) is 0 Å². The van der Waals surface area contributed by atoms with Gasteiger partial charge in [-0.05, 0) is 37.3 Å². The fourth-order valence-corrected chi connectivity index (χ4v) is 2.21. The monoisotopic (exact) mass is 233 g/mol. The zero-order valence-corrected chi connectivity index (χ0v) is 11.3. The maximum atomic E-state index is 3.75. The molecule has 0 saturated heterocycles. The lowest BCUT2D eigenvalue weighted by atomic mass is 10.1. The minimum Gasteiger partial charge on any atom is -0.357 e. The van der Waals surface area contributed by atoms with Crippen LogP contribution in [0.25, 0.3) is 0 Å². The first-order valence-corrected chi connectivity index (χ1v) is 7.04. The number of rotatable bonds is 10. The molecule has 17 heavy (non-hydrogen) atoms. The van der Waals surface area contributed by atoms with Crippen LogP contribution in [0.15, 0.2) is 31.1 Å². The second kappa shape index (κ2) is 9.09. The van der Waals surface area contributed by atoms with Crippen molar-refractivity contribution < 1.29 is 0 Å². The first-order chi connectivity index (χ1) is 8.33. The Kier molecular flexibility index (Phi) is 7.53. The SMILES string of the molecule is C=CCCCCCCCCCc1ccn(C)c1. The van der Waals surface area contributed by atoms with Crippen molar-refractivity contribution in [2.24, 2.45) is 7.05 Å². The minimum atomic E-state index is 1.19. The van der Waals surface area contributed by atoms with Gasteiger partial charge in [-0.2, -0.15) is 0 Å². The highest BCUT2D eigenvalue weighted by molar-refractivity contribution is 5.09. The van der Waals surface area contributed by atoms with Crippen molar-refractivity contribution in [3.8, 4) is 0 Å². The molecule has 1 rings (SSSR count). The van der Waals surface area contributed by atoms with E-state index in [0.29, 0.717) is 0 Å². The molecule has 0 bridgehead atoms. The van der Waals surface area contributed by atoms with Crippen LogP contribution in [0, 0.1) is 0 Å². The predicted molar refractivity (Wildman–Crippen MR) is 76.3 cm³/mol. The van der Waals surface area contributed by atoms with Crippen LogP contribution in [0.5, 0.6) is 0 Å². The van der Waals surface area contributed by atoms with Crippen LogP contribution < -0.4 is 0 Å². The van der Waals surface area contributed by atoms with Gasteiger partial charge >= 0.3 is 0 Å². The molecule has 0 N–H and O–H groups in total. The molecule has 0 unspecified atom stereocenters. The van der Waals surface area contributed by atoms with Gasteiger partial charge in [0.15, 0.2) is 0 Å². The molecule has 0 spiro atoms. The van der Waals surface area contributed by atoms with E-state index in [4.69, 9.17) is 0 Å². The fraction of sp³-hybridized carbons (Fsp3) is 0.625. The maximum Gasteiger partial charge on any atom is 0.0106 e. The molecule has 0 radical (unpaired) electrons. The Bertz CT molecular complexity index is 298. The first-order valence-electron chi connectivity index (χ1n) is 7.04. The number of hydrogen-bond acceptors (Lipinski definition) is 0. The van der Waals surface area contributed by atoms with Gasteiger partial charge in [0.25, 0.3) is 0 Å². The van der Waals surface area contributed by atoms with Gasteiger partial charge < -0.3 is 4.57 Å². The van der Waals surface area contributed by atoms with E-state index < -0.39 is 0 Å². The molecule has 0 amide bonds. The lowest BCUT2D eigenvalue weighted by Crippen LogP contribution is -1.85. The predicted octanol–water partition coefficient (Wildman–Crippen LogP) is 4.87. The summed E-state index contributed by atoms with van der Waals surface area (Å²) in [5.74, 6) is 0. The van der Waals surface area contributed by atoms with Crippen LogP contribution in [-0.4, -0.2) is 4.57 Å². The van der Waals surface area contributed by atoms with Crippen molar-refractivity contribution in [3.63, 3.8) is 0 Å². The van der Waals surface area contributed by atoms with Gasteiger partial charge in [-0.3, -0.25) is 0 Å². The summed E-state index contributed by atoms with van der Waals surface area (Å²) in [6.07, 6.45) is 18.5. The van der Waals surface area contributed by atoms with Gasteiger partial charge in [0.05, 0.1) is 0 Å². The Morgan fingerprint density at radius 3 is 2.29 bits per heavy atom. The standard InChI is InChI=1S/C16H27N/c1-3-4-5-6-7-8-9-10-11-12-16-13-14-17(2)15-16/h3,13-15H,1,4-12H2,2H3. The number of allylic oxidation sites excluding steroid dienone is 1. The van der Waals surface area contributed by atoms with E-state index >= 15 is 0 Å². The fourth-order valence-electron chi connectivity index (χ4n) is 2.21. The summed E-state index contributed by atoms with van der Waals surface area (Å²) in [6.45, 7) is 3.75. The smallest absolute Gasteiger partial charge is 0.0106 e. The van der Waals surface area contributed by atoms with Gasteiger partial charge in [-0.1, -0.05) is 38.2 Å². The molecule has 0 aliphatic carbocycles. The maximum absolute atomic E-state index is 3.75. The topological polar surface area (TPSA) is 4.93 Å². The van der Waals surface area contributed by atoms with Crippen LogP contribution in [0.2, 0.25) is 0 Å². The van der Waals surface area contributed by atoms with Crippen molar-refractivity contribution in [1.29, 1.82) is 0 Å². The molecule has 1 aromatic heterocycles. The van der Waals surface area contributed by atoms with E-state index in [1.807, 2.05) is 6.08 Å². The molecule has 0 fully saturated rings. The highest BCUT2D eigenvalue weighted by Crippen LogP contribution is 2.11. The number of hydrogen-bond donors (Lipinski definition) is 0. The van der Waals surface area contributed by atoms with Crippen LogP contribution in [0.3, 0.4) is 0 Å². The number of nitrogens with zero attached hydrogens (tertiary/aromatic N) is 1. The Labute approximate surface area is 107 Å². The largest absolute Gasteiger partial charge is 0.357 e. The van der Waals surface area contributed by atoms with Crippen molar-refractivity contribution in [3.05, 3.63) is 36.7 Å². The molecule has 0 saturated carbocycles. The Balaban J connectivity index is 1.86. The highest BCUT2D eigenvalue weighted by atomic mass is 14.9. The average molecular weight is 233 g/mol. The second-order valence-electron chi connectivity index (χ2n) is 4.99. The van der Waals surface area contributed by atoms with Crippen molar-refractivity contribution in [2.75, 3.05) is 0 Å². The molecule has 0 aliphatic heterocycles. The van der Waals surface area contributed by atoms with Gasteiger partial charge in [0.2, 0.25) is 0 Å². The van der Waals surface area contributed by atoms with E-state index in [1.165, 1.54) is 63.4 Å². The Morgan fingerprint density at radius 2 is 1.71 bits per heavy atom. The third-order valence-electron chi connectivity index (χ3n) is 3.27. The molecular weight excluding hydrogens is 206 g/mol. The Morgan fingerprint density at radius 1 is 1.06 bits per heavy atom. The summed E-state index contributed by atoms with van der Waals surface area (Å²) < 4.78 is 2.13. The molecular formula is C16H27N. The zero-order chi connectivity index (χ0) is 12.3. The van der Waals surface area contributed by atoms with Gasteiger partial charge in [-0.25, -0.2) is 0 Å². The molecule has 0 aromatic carbocycles. The van der Waals surface area contributed by atoms with E-state index in [0.717, 1.165) is 0 Å². The molecule has 1 nitrogen and oxygen atoms in total. The number of aryl methyl sites for hydroxylation is 2. The van der Waals surface area contributed by atoms with Crippen molar-refractivity contribution in [2.45, 2.75) is 57.8 Å². The summed E-state index contributed by atoms with van der Waals surface area (Å²) in [7, 11) is 2.09. The van der Waals surface area contributed by atoms with E-state index in [-0.39, 0.29) is 0 Å². The highest BCUT2D eigenvalue weighted by Gasteiger charge is 1.95. The Hall–Kier alpha value is -0.980. The molecule has 1 heterocycles.